The van der Waals surface area contributed by atoms with Gasteiger partial charge in [-0.25, -0.2) is 4.57 Å². The van der Waals surface area contributed by atoms with Gasteiger partial charge in [0, 0.05) is 16.8 Å². The number of hydrogen-bond donors (Lipinski definition) is 0. The van der Waals surface area contributed by atoms with E-state index in [0.717, 1.165) is 0 Å². The van der Waals surface area contributed by atoms with Crippen LogP contribution in [0.4, 0.5) is 0 Å². The lowest BCUT2D eigenvalue weighted by molar-refractivity contribution is -0.659. The van der Waals surface area contributed by atoms with Crippen molar-refractivity contribution in [3.8, 4) is 11.3 Å². The number of pyridine rings is 1. The SMILES string of the molecule is Cc1ccc(-c2cc(C(C)(C)C)c([Si](C)(C)C)c[n+]2C)c(C)c1. The Morgan fingerprint density at radius 1 is 0.957 bits per heavy atom. The quantitative estimate of drug-likeness (QED) is 0.559. The molecule has 0 fully saturated rings. The van der Waals surface area contributed by atoms with Gasteiger partial charge < -0.3 is 0 Å². The number of aromatic nitrogens is 1. The molecule has 1 nitrogen and oxygen atoms in total. The summed E-state index contributed by atoms with van der Waals surface area (Å²) in [6.07, 6.45) is 2.39. The van der Waals surface area contributed by atoms with Gasteiger partial charge in [-0.2, -0.15) is 0 Å². The number of benzene rings is 1. The van der Waals surface area contributed by atoms with E-state index in [1.807, 2.05) is 0 Å². The number of hydrogen-bond acceptors (Lipinski definition) is 0. The fourth-order valence-electron chi connectivity index (χ4n) is 3.24. The first kappa shape index (κ1) is 17.9. The van der Waals surface area contributed by atoms with Crippen molar-refractivity contribution in [1.82, 2.24) is 0 Å². The van der Waals surface area contributed by atoms with Gasteiger partial charge in [0.2, 0.25) is 5.69 Å². The Kier molecular flexibility index (Phi) is 4.60. The van der Waals surface area contributed by atoms with Crippen molar-refractivity contribution in [1.29, 1.82) is 0 Å². The Labute approximate surface area is 143 Å². The third-order valence-electron chi connectivity index (χ3n) is 4.55. The molecule has 2 rings (SSSR count). The molecule has 2 heteroatoms. The lowest BCUT2D eigenvalue weighted by Crippen LogP contribution is -2.49. The number of aryl methyl sites for hydroxylation is 3. The van der Waals surface area contributed by atoms with E-state index in [0.29, 0.717) is 0 Å². The molecule has 0 N–H and O–H groups in total. The molecule has 2 aromatic rings. The molecule has 0 aliphatic carbocycles. The standard InChI is InChI=1S/C21H32NSi/c1-15-10-11-17(16(2)12-15)19-13-18(21(3,4)5)20(14-22(19)6)23(7,8)9/h10-14H,1-9H3/q+1. The Hall–Kier alpha value is -1.41. The van der Waals surface area contributed by atoms with E-state index < -0.39 is 8.07 Å². The lowest BCUT2D eigenvalue weighted by atomic mass is 9.86. The molecule has 0 radical (unpaired) electrons. The van der Waals surface area contributed by atoms with Crippen molar-refractivity contribution in [3.05, 3.63) is 47.2 Å². The van der Waals surface area contributed by atoms with E-state index in [9.17, 15) is 0 Å². The summed E-state index contributed by atoms with van der Waals surface area (Å²) in [5.41, 5.74) is 6.99. The predicted octanol–water partition coefficient (Wildman–Crippen LogP) is 4.64. The minimum Gasteiger partial charge on any atom is -0.201 e. The molecule has 0 bridgehead atoms. The lowest BCUT2D eigenvalue weighted by Gasteiger charge is -2.28. The first-order valence-electron chi connectivity index (χ1n) is 8.53. The van der Waals surface area contributed by atoms with E-state index in [1.165, 1.54) is 27.9 Å². The molecule has 23 heavy (non-hydrogen) atoms. The van der Waals surface area contributed by atoms with Gasteiger partial charge in [-0.15, -0.1) is 0 Å². The van der Waals surface area contributed by atoms with Gasteiger partial charge in [0.1, 0.15) is 7.05 Å². The summed E-state index contributed by atoms with van der Waals surface area (Å²) >= 11 is 0. The predicted molar refractivity (Wildman–Crippen MR) is 104 cm³/mol. The molecule has 1 aromatic heterocycles. The summed E-state index contributed by atoms with van der Waals surface area (Å²) in [6.45, 7) is 18.7. The minimum absolute atomic E-state index is 0.164. The van der Waals surface area contributed by atoms with Crippen LogP contribution in [0.15, 0.2) is 30.5 Å². The van der Waals surface area contributed by atoms with Crippen LogP contribution in [0.3, 0.4) is 0 Å². The van der Waals surface area contributed by atoms with Gasteiger partial charge >= 0.3 is 0 Å². The summed E-state index contributed by atoms with van der Waals surface area (Å²) in [6, 6.07) is 9.19. The summed E-state index contributed by atoms with van der Waals surface area (Å²) in [7, 11) is 0.799. The normalized spacial score (nSPS) is 12.6. The summed E-state index contributed by atoms with van der Waals surface area (Å²) in [5.74, 6) is 0. The van der Waals surface area contributed by atoms with Gasteiger partial charge in [0.25, 0.3) is 0 Å². The maximum atomic E-state index is 2.44. The maximum Gasteiger partial charge on any atom is 0.212 e. The highest BCUT2D eigenvalue weighted by Crippen LogP contribution is 2.28. The van der Waals surface area contributed by atoms with E-state index in [-0.39, 0.29) is 5.41 Å². The fraction of sp³-hybridized carbons (Fsp3) is 0.476. The summed E-state index contributed by atoms with van der Waals surface area (Å²) in [5, 5.41) is 1.57. The highest BCUT2D eigenvalue weighted by atomic mass is 28.3. The van der Waals surface area contributed by atoms with E-state index in [2.05, 4.69) is 96.3 Å². The number of nitrogens with zero attached hydrogens (tertiary/aromatic N) is 1. The van der Waals surface area contributed by atoms with Gasteiger partial charge in [-0.05, 0) is 36.5 Å². The van der Waals surface area contributed by atoms with Crippen LogP contribution in [0.5, 0.6) is 0 Å². The molecule has 0 unspecified atom stereocenters. The summed E-state index contributed by atoms with van der Waals surface area (Å²) in [4.78, 5) is 0. The molecule has 0 amide bonds. The second-order valence-electron chi connectivity index (χ2n) is 8.92. The van der Waals surface area contributed by atoms with E-state index in [1.54, 1.807) is 5.19 Å². The molecule has 1 heterocycles. The van der Waals surface area contributed by atoms with E-state index >= 15 is 0 Å². The Bertz CT molecular complexity index is 731. The second-order valence-corrected chi connectivity index (χ2v) is 14.0. The van der Waals surface area contributed by atoms with Crippen molar-refractivity contribution in [2.75, 3.05) is 0 Å². The molecule has 0 spiro atoms. The third-order valence-corrected chi connectivity index (χ3v) is 6.56. The van der Waals surface area contributed by atoms with Crippen LogP contribution in [-0.4, -0.2) is 8.07 Å². The number of rotatable bonds is 2. The molecule has 0 aliphatic heterocycles. The van der Waals surface area contributed by atoms with Gasteiger partial charge in [0.05, 0.1) is 8.07 Å². The second kappa shape index (κ2) is 5.90. The van der Waals surface area contributed by atoms with Crippen molar-refractivity contribution in [3.63, 3.8) is 0 Å². The zero-order chi connectivity index (χ0) is 17.6. The maximum absolute atomic E-state index is 2.44. The average Bonchev–Trinajstić information content (AvgIpc) is 2.36. The summed E-state index contributed by atoms with van der Waals surface area (Å²) < 4.78 is 2.32. The highest BCUT2D eigenvalue weighted by Gasteiger charge is 2.31. The largest absolute Gasteiger partial charge is 0.212 e. The average molecular weight is 327 g/mol. The zero-order valence-corrected chi connectivity index (χ0v) is 17.3. The van der Waals surface area contributed by atoms with Crippen LogP contribution < -0.4 is 9.75 Å². The van der Waals surface area contributed by atoms with Crippen LogP contribution in [0, 0.1) is 13.8 Å². The fourth-order valence-corrected chi connectivity index (χ4v) is 5.07. The van der Waals surface area contributed by atoms with Gasteiger partial charge in [-0.1, -0.05) is 58.1 Å². The van der Waals surface area contributed by atoms with Crippen LogP contribution >= 0.6 is 0 Å². The molecule has 0 aliphatic rings. The third kappa shape index (κ3) is 3.74. The van der Waals surface area contributed by atoms with Crippen LogP contribution in [-0.2, 0) is 12.5 Å². The molecule has 0 saturated carbocycles. The first-order chi connectivity index (χ1) is 10.4. The zero-order valence-electron chi connectivity index (χ0n) is 16.3. The van der Waals surface area contributed by atoms with Crippen LogP contribution in [0.1, 0.15) is 37.5 Å². The van der Waals surface area contributed by atoms with Crippen LogP contribution in [0.2, 0.25) is 19.6 Å². The molecular formula is C21H32NSi+. The minimum atomic E-state index is -1.39. The Balaban J connectivity index is 2.77. The van der Waals surface area contributed by atoms with Crippen molar-refractivity contribution < 1.29 is 4.57 Å². The monoisotopic (exact) mass is 326 g/mol. The van der Waals surface area contributed by atoms with Crippen LogP contribution in [0.25, 0.3) is 11.3 Å². The molecular weight excluding hydrogens is 294 g/mol. The van der Waals surface area contributed by atoms with Gasteiger partial charge in [-0.3, -0.25) is 0 Å². The smallest absolute Gasteiger partial charge is 0.201 e. The van der Waals surface area contributed by atoms with Gasteiger partial charge in [0.15, 0.2) is 6.20 Å². The van der Waals surface area contributed by atoms with Crippen molar-refractivity contribution in [2.45, 2.75) is 59.7 Å². The molecule has 0 atom stereocenters. The Morgan fingerprint density at radius 3 is 2.04 bits per heavy atom. The first-order valence-corrected chi connectivity index (χ1v) is 12.0. The highest BCUT2D eigenvalue weighted by molar-refractivity contribution is 6.89. The van der Waals surface area contributed by atoms with Crippen molar-refractivity contribution >= 4 is 13.3 Å². The Morgan fingerprint density at radius 2 is 1.57 bits per heavy atom. The molecule has 124 valence electrons. The topological polar surface area (TPSA) is 3.88 Å². The molecule has 0 saturated heterocycles. The van der Waals surface area contributed by atoms with E-state index in [4.69, 9.17) is 0 Å². The molecule has 1 aromatic carbocycles. The van der Waals surface area contributed by atoms with Crippen molar-refractivity contribution in [2.24, 2.45) is 7.05 Å².